The Balaban J connectivity index is 1.69. The zero-order valence-corrected chi connectivity index (χ0v) is 10.3. The molecule has 94 valence electrons. The number of carbonyl (C=O) groups excluding carboxylic acids is 2. The van der Waals surface area contributed by atoms with Crippen LogP contribution in [0.3, 0.4) is 0 Å². The van der Waals surface area contributed by atoms with E-state index >= 15 is 0 Å². The number of rotatable bonds is 4. The molecule has 2 aliphatic carbocycles. The Bertz CT molecular complexity index is 347. The molecule has 0 spiro atoms. The molecule has 1 saturated heterocycles. The molecule has 0 aromatic rings. The summed E-state index contributed by atoms with van der Waals surface area (Å²) in [5.74, 6) is 0.896. The van der Waals surface area contributed by atoms with Crippen LogP contribution in [-0.4, -0.2) is 34.8 Å². The van der Waals surface area contributed by atoms with Gasteiger partial charge < -0.3 is 10.2 Å². The lowest BCUT2D eigenvalue weighted by Gasteiger charge is -2.31. The van der Waals surface area contributed by atoms with Crippen LogP contribution in [0, 0.1) is 5.92 Å². The Kier molecular flexibility index (Phi) is 2.60. The molecule has 2 saturated carbocycles. The molecule has 1 heterocycles. The van der Waals surface area contributed by atoms with Gasteiger partial charge in [-0.3, -0.25) is 9.59 Å². The van der Waals surface area contributed by atoms with Gasteiger partial charge in [-0.1, -0.05) is 0 Å². The maximum absolute atomic E-state index is 12.5. The first-order valence-electron chi connectivity index (χ1n) is 6.78. The molecule has 1 aliphatic heterocycles. The van der Waals surface area contributed by atoms with E-state index in [4.69, 9.17) is 0 Å². The maximum atomic E-state index is 12.5. The highest BCUT2D eigenvalue weighted by Gasteiger charge is 2.44. The van der Waals surface area contributed by atoms with E-state index < -0.39 is 0 Å². The Labute approximate surface area is 102 Å². The van der Waals surface area contributed by atoms with Crippen LogP contribution in [0.25, 0.3) is 0 Å². The molecular weight excluding hydrogens is 216 g/mol. The van der Waals surface area contributed by atoms with Gasteiger partial charge in [0.05, 0.1) is 0 Å². The van der Waals surface area contributed by atoms with Gasteiger partial charge in [-0.25, -0.2) is 0 Å². The zero-order valence-electron chi connectivity index (χ0n) is 10.3. The SMILES string of the molecule is CC(C1CC1)N(C(=O)[C@H]1CCC(=O)N1)C1CC1. The van der Waals surface area contributed by atoms with Crippen molar-refractivity contribution in [2.45, 2.75) is 63.6 Å². The molecule has 0 aromatic carbocycles. The summed E-state index contributed by atoms with van der Waals surface area (Å²) < 4.78 is 0. The van der Waals surface area contributed by atoms with Crippen LogP contribution >= 0.6 is 0 Å². The maximum Gasteiger partial charge on any atom is 0.245 e. The zero-order chi connectivity index (χ0) is 12.0. The predicted octanol–water partition coefficient (Wildman–Crippen LogP) is 1.05. The van der Waals surface area contributed by atoms with E-state index in [0.717, 1.165) is 12.8 Å². The highest BCUT2D eigenvalue weighted by Crippen LogP contribution is 2.40. The number of carbonyl (C=O) groups is 2. The largest absolute Gasteiger partial charge is 0.344 e. The van der Waals surface area contributed by atoms with E-state index in [0.29, 0.717) is 30.8 Å². The van der Waals surface area contributed by atoms with Crippen molar-refractivity contribution >= 4 is 11.8 Å². The van der Waals surface area contributed by atoms with E-state index in [1.807, 2.05) is 0 Å². The average Bonchev–Trinajstić information content (AvgIpc) is 3.18. The number of hydrogen-bond donors (Lipinski definition) is 1. The summed E-state index contributed by atoms with van der Waals surface area (Å²) in [5, 5.41) is 2.80. The summed E-state index contributed by atoms with van der Waals surface area (Å²) in [4.78, 5) is 25.7. The third-order valence-corrected chi connectivity index (χ3v) is 4.23. The number of amides is 2. The van der Waals surface area contributed by atoms with Gasteiger partial charge in [0, 0.05) is 18.5 Å². The Hall–Kier alpha value is -1.06. The second kappa shape index (κ2) is 4.00. The Morgan fingerprint density at radius 1 is 1.29 bits per heavy atom. The van der Waals surface area contributed by atoms with Crippen molar-refractivity contribution in [3.05, 3.63) is 0 Å². The Morgan fingerprint density at radius 2 is 2.00 bits per heavy atom. The van der Waals surface area contributed by atoms with Gasteiger partial charge >= 0.3 is 0 Å². The highest BCUT2D eigenvalue weighted by molar-refractivity contribution is 5.91. The van der Waals surface area contributed by atoms with Gasteiger partial charge in [-0.2, -0.15) is 0 Å². The molecule has 1 unspecified atom stereocenters. The van der Waals surface area contributed by atoms with Crippen LogP contribution in [0.2, 0.25) is 0 Å². The molecule has 4 heteroatoms. The van der Waals surface area contributed by atoms with Gasteiger partial charge in [0.25, 0.3) is 0 Å². The van der Waals surface area contributed by atoms with Crippen LogP contribution in [-0.2, 0) is 9.59 Å². The molecule has 0 radical (unpaired) electrons. The number of nitrogens with zero attached hydrogens (tertiary/aromatic N) is 1. The second-order valence-corrected chi connectivity index (χ2v) is 5.71. The summed E-state index contributed by atoms with van der Waals surface area (Å²) in [6.07, 6.45) is 5.99. The molecule has 3 fully saturated rings. The third-order valence-electron chi connectivity index (χ3n) is 4.23. The summed E-state index contributed by atoms with van der Waals surface area (Å²) in [7, 11) is 0. The van der Waals surface area contributed by atoms with Crippen molar-refractivity contribution in [1.82, 2.24) is 10.2 Å². The summed E-state index contributed by atoms with van der Waals surface area (Å²) >= 11 is 0. The monoisotopic (exact) mass is 236 g/mol. The first-order chi connectivity index (χ1) is 8.16. The van der Waals surface area contributed by atoms with Crippen LogP contribution in [0.1, 0.15) is 45.4 Å². The summed E-state index contributed by atoms with van der Waals surface area (Å²) in [5.41, 5.74) is 0. The third kappa shape index (κ3) is 2.17. The fourth-order valence-electron chi connectivity index (χ4n) is 2.85. The fraction of sp³-hybridized carbons (Fsp3) is 0.846. The van der Waals surface area contributed by atoms with E-state index in [1.165, 1.54) is 12.8 Å². The molecule has 4 nitrogen and oxygen atoms in total. The molecule has 0 aromatic heterocycles. The minimum Gasteiger partial charge on any atom is -0.344 e. The van der Waals surface area contributed by atoms with Gasteiger partial charge in [-0.05, 0) is 44.9 Å². The van der Waals surface area contributed by atoms with Crippen LogP contribution < -0.4 is 5.32 Å². The standard InChI is InChI=1S/C13H20N2O2/c1-8(9-2-3-9)15(10-4-5-10)13(17)11-6-7-12(16)14-11/h8-11H,2-7H2,1H3,(H,14,16)/t8?,11-/m1/s1. The van der Waals surface area contributed by atoms with E-state index in [2.05, 4.69) is 17.1 Å². The molecule has 1 N–H and O–H groups in total. The number of nitrogens with one attached hydrogen (secondary N) is 1. The lowest BCUT2D eigenvalue weighted by atomic mass is 10.1. The first kappa shape index (κ1) is 11.1. The van der Waals surface area contributed by atoms with Crippen molar-refractivity contribution in [2.75, 3.05) is 0 Å². The van der Waals surface area contributed by atoms with Crippen molar-refractivity contribution in [3.8, 4) is 0 Å². The minimum atomic E-state index is -0.246. The van der Waals surface area contributed by atoms with Crippen LogP contribution in [0.4, 0.5) is 0 Å². The molecule has 17 heavy (non-hydrogen) atoms. The van der Waals surface area contributed by atoms with Crippen LogP contribution in [0.5, 0.6) is 0 Å². The van der Waals surface area contributed by atoms with Crippen LogP contribution in [0.15, 0.2) is 0 Å². The van der Waals surface area contributed by atoms with Gasteiger partial charge in [0.15, 0.2) is 0 Å². The first-order valence-corrected chi connectivity index (χ1v) is 6.78. The van der Waals surface area contributed by atoms with E-state index in [1.54, 1.807) is 0 Å². The molecule has 0 bridgehead atoms. The molecule has 2 amide bonds. The summed E-state index contributed by atoms with van der Waals surface area (Å²) in [6.45, 7) is 2.17. The van der Waals surface area contributed by atoms with Crippen molar-refractivity contribution in [1.29, 1.82) is 0 Å². The van der Waals surface area contributed by atoms with E-state index in [9.17, 15) is 9.59 Å². The molecule has 3 aliphatic rings. The normalized spacial score (nSPS) is 29.9. The quantitative estimate of drug-likeness (QED) is 0.793. The molecular formula is C13H20N2O2. The number of hydrogen-bond acceptors (Lipinski definition) is 2. The Morgan fingerprint density at radius 3 is 2.47 bits per heavy atom. The topological polar surface area (TPSA) is 49.4 Å². The van der Waals surface area contributed by atoms with Gasteiger partial charge in [0.1, 0.15) is 6.04 Å². The van der Waals surface area contributed by atoms with E-state index in [-0.39, 0.29) is 17.9 Å². The molecule has 3 rings (SSSR count). The average molecular weight is 236 g/mol. The van der Waals surface area contributed by atoms with Crippen molar-refractivity contribution < 1.29 is 9.59 Å². The summed E-state index contributed by atoms with van der Waals surface area (Å²) in [6, 6.07) is 0.576. The van der Waals surface area contributed by atoms with Crippen molar-refractivity contribution in [3.63, 3.8) is 0 Å². The minimum absolute atomic E-state index is 0.0261. The lowest BCUT2D eigenvalue weighted by Crippen LogP contribution is -2.50. The van der Waals surface area contributed by atoms with Gasteiger partial charge in [-0.15, -0.1) is 0 Å². The predicted molar refractivity (Wildman–Crippen MR) is 63.2 cm³/mol. The highest BCUT2D eigenvalue weighted by atomic mass is 16.2. The van der Waals surface area contributed by atoms with Crippen molar-refractivity contribution in [2.24, 2.45) is 5.92 Å². The fourth-order valence-corrected chi connectivity index (χ4v) is 2.85. The second-order valence-electron chi connectivity index (χ2n) is 5.71. The molecule has 2 atom stereocenters. The lowest BCUT2D eigenvalue weighted by molar-refractivity contribution is -0.137. The smallest absolute Gasteiger partial charge is 0.245 e. The van der Waals surface area contributed by atoms with Gasteiger partial charge in [0.2, 0.25) is 11.8 Å².